The van der Waals surface area contributed by atoms with Gasteiger partial charge in [-0.2, -0.15) is 13.2 Å². The first-order chi connectivity index (χ1) is 11.4. The van der Waals surface area contributed by atoms with E-state index in [1.165, 1.54) is 0 Å². The van der Waals surface area contributed by atoms with E-state index < -0.39 is 12.6 Å². The minimum absolute atomic E-state index is 0.0734. The Morgan fingerprint density at radius 1 is 1.21 bits per heavy atom. The standard InChI is InChI=1S/C18H21F3N2O/c19-18(20,21)8-11-23-9-6-13(7-10-23)12-22-17(24)16-5-4-14-2-1-3-15(14)16/h1-5,13H,6-12H2,(H,22,24). The van der Waals surface area contributed by atoms with E-state index in [4.69, 9.17) is 0 Å². The maximum atomic E-state index is 12.3. The van der Waals surface area contributed by atoms with Gasteiger partial charge in [-0.25, -0.2) is 0 Å². The fourth-order valence-electron chi connectivity index (χ4n) is 3.32. The lowest BCUT2D eigenvalue weighted by atomic mass is 9.96. The summed E-state index contributed by atoms with van der Waals surface area (Å²) in [6, 6.07) is 0. The fourth-order valence-corrected chi connectivity index (χ4v) is 3.32. The highest BCUT2D eigenvalue weighted by Crippen LogP contribution is 2.30. The van der Waals surface area contributed by atoms with Crippen LogP contribution in [-0.4, -0.2) is 43.2 Å². The molecular formula is C18H21F3N2O. The van der Waals surface area contributed by atoms with E-state index in [9.17, 15) is 18.0 Å². The van der Waals surface area contributed by atoms with Gasteiger partial charge in [-0.1, -0.05) is 24.3 Å². The van der Waals surface area contributed by atoms with Crippen LogP contribution in [0.25, 0.3) is 0 Å². The van der Waals surface area contributed by atoms with Crippen molar-refractivity contribution in [1.29, 1.82) is 0 Å². The smallest absolute Gasteiger partial charge is 0.352 e. The van der Waals surface area contributed by atoms with Crippen molar-refractivity contribution in [3.8, 4) is 0 Å². The van der Waals surface area contributed by atoms with E-state index in [2.05, 4.69) is 5.32 Å². The molecule has 0 atom stereocenters. The van der Waals surface area contributed by atoms with Gasteiger partial charge in [-0.15, -0.1) is 0 Å². The molecule has 0 bridgehead atoms. The van der Waals surface area contributed by atoms with Crippen molar-refractivity contribution in [2.24, 2.45) is 5.92 Å². The maximum absolute atomic E-state index is 12.3. The summed E-state index contributed by atoms with van der Waals surface area (Å²) in [6.45, 7) is 1.99. The Labute approximate surface area is 139 Å². The molecule has 1 aliphatic heterocycles. The first kappa shape index (κ1) is 17.0. The van der Waals surface area contributed by atoms with Crippen LogP contribution in [0.2, 0.25) is 0 Å². The van der Waals surface area contributed by atoms with Gasteiger partial charge < -0.3 is 10.2 Å². The molecule has 3 nitrogen and oxygen atoms in total. The molecule has 0 aromatic rings. The molecule has 1 saturated heterocycles. The summed E-state index contributed by atoms with van der Waals surface area (Å²) in [4.78, 5) is 14.1. The number of fused-ring (bicyclic) bond motifs is 1. The summed E-state index contributed by atoms with van der Waals surface area (Å²) >= 11 is 0. The van der Waals surface area contributed by atoms with Crippen molar-refractivity contribution in [3.05, 3.63) is 47.1 Å². The van der Waals surface area contributed by atoms with Gasteiger partial charge in [0.15, 0.2) is 0 Å². The van der Waals surface area contributed by atoms with Crippen LogP contribution >= 0.6 is 0 Å². The predicted molar refractivity (Wildman–Crippen MR) is 86.2 cm³/mol. The monoisotopic (exact) mass is 338 g/mol. The number of amides is 1. The Kier molecular flexibility index (Phi) is 4.94. The molecule has 0 spiro atoms. The summed E-state index contributed by atoms with van der Waals surface area (Å²) < 4.78 is 36.7. The number of hydrogen-bond donors (Lipinski definition) is 1. The number of alkyl halides is 3. The number of rotatable bonds is 5. The molecule has 3 rings (SSSR count). The molecule has 1 N–H and O–H groups in total. The minimum atomic E-state index is -4.09. The van der Waals surface area contributed by atoms with E-state index >= 15 is 0 Å². The molecule has 24 heavy (non-hydrogen) atoms. The van der Waals surface area contributed by atoms with Crippen molar-refractivity contribution >= 4 is 5.91 Å². The van der Waals surface area contributed by atoms with Crippen molar-refractivity contribution in [3.63, 3.8) is 0 Å². The molecule has 0 saturated carbocycles. The van der Waals surface area contributed by atoms with Gasteiger partial charge in [0, 0.05) is 18.7 Å². The van der Waals surface area contributed by atoms with E-state index in [-0.39, 0.29) is 12.5 Å². The van der Waals surface area contributed by atoms with Crippen molar-refractivity contribution in [2.75, 3.05) is 26.2 Å². The lowest BCUT2D eigenvalue weighted by molar-refractivity contribution is -0.138. The summed E-state index contributed by atoms with van der Waals surface area (Å²) in [5, 5.41) is 2.97. The van der Waals surface area contributed by atoms with E-state index in [0.717, 1.165) is 24.0 Å². The molecular weight excluding hydrogens is 317 g/mol. The molecule has 0 aromatic carbocycles. The highest BCUT2D eigenvalue weighted by atomic mass is 19.4. The first-order valence-corrected chi connectivity index (χ1v) is 8.31. The Hall–Kier alpha value is -1.82. The quantitative estimate of drug-likeness (QED) is 0.835. The largest absolute Gasteiger partial charge is 0.390 e. The lowest BCUT2D eigenvalue weighted by Gasteiger charge is -2.32. The highest BCUT2D eigenvalue weighted by molar-refractivity contribution is 6.00. The number of carbonyl (C=O) groups excluding carboxylic acids is 1. The number of piperidine rings is 1. The zero-order valence-corrected chi connectivity index (χ0v) is 13.4. The van der Waals surface area contributed by atoms with Crippen molar-refractivity contribution < 1.29 is 18.0 Å². The third-order valence-electron chi connectivity index (χ3n) is 4.78. The number of carbonyl (C=O) groups is 1. The molecule has 0 radical (unpaired) electrons. The van der Waals surface area contributed by atoms with E-state index in [0.29, 0.717) is 31.1 Å². The van der Waals surface area contributed by atoms with Gasteiger partial charge in [-0.3, -0.25) is 4.79 Å². The summed E-state index contributed by atoms with van der Waals surface area (Å²) in [7, 11) is 0. The van der Waals surface area contributed by atoms with Crippen LogP contribution in [0.5, 0.6) is 0 Å². The second-order valence-electron chi connectivity index (χ2n) is 6.50. The Morgan fingerprint density at radius 3 is 2.67 bits per heavy atom. The van der Waals surface area contributed by atoms with Gasteiger partial charge in [0.25, 0.3) is 5.91 Å². The SMILES string of the molecule is O=C(NCC1CCN(CCC(F)(F)F)CC1)C1=C2C=CC=C2C=C1. The van der Waals surface area contributed by atoms with E-state index in [1.807, 2.05) is 35.3 Å². The lowest BCUT2D eigenvalue weighted by Crippen LogP contribution is -2.40. The summed E-state index contributed by atoms with van der Waals surface area (Å²) in [6.07, 6.45) is 6.42. The normalized spacial score (nSPS) is 21.4. The van der Waals surface area contributed by atoms with Crippen LogP contribution in [0, 0.1) is 5.92 Å². The number of nitrogens with zero attached hydrogens (tertiary/aromatic N) is 1. The second kappa shape index (κ2) is 6.97. The Bertz CT molecular complexity index is 621. The van der Waals surface area contributed by atoms with Crippen LogP contribution in [0.15, 0.2) is 47.1 Å². The Balaban J connectivity index is 1.40. The third kappa shape index (κ3) is 4.17. The predicted octanol–water partition coefficient (Wildman–Crippen LogP) is 3.13. The average Bonchev–Trinajstić information content (AvgIpc) is 3.14. The fraction of sp³-hybridized carbons (Fsp3) is 0.500. The van der Waals surface area contributed by atoms with Gasteiger partial charge in [0.05, 0.1) is 6.42 Å². The number of nitrogens with one attached hydrogen (secondary N) is 1. The highest BCUT2D eigenvalue weighted by Gasteiger charge is 2.29. The summed E-state index contributed by atoms with van der Waals surface area (Å²) in [5.74, 6) is 0.261. The maximum Gasteiger partial charge on any atom is 0.390 e. The number of allylic oxidation sites excluding steroid dienone is 6. The summed E-state index contributed by atoms with van der Waals surface area (Å²) in [5.41, 5.74) is 2.73. The van der Waals surface area contributed by atoms with Gasteiger partial charge >= 0.3 is 6.18 Å². The molecule has 6 heteroatoms. The molecule has 2 aliphatic carbocycles. The van der Waals surface area contributed by atoms with Crippen LogP contribution < -0.4 is 5.32 Å². The first-order valence-electron chi connectivity index (χ1n) is 8.31. The number of halogens is 3. The zero-order valence-electron chi connectivity index (χ0n) is 13.4. The van der Waals surface area contributed by atoms with Crippen LogP contribution in [0.1, 0.15) is 19.3 Å². The molecule has 0 aromatic heterocycles. The van der Waals surface area contributed by atoms with Crippen molar-refractivity contribution in [2.45, 2.75) is 25.4 Å². The van der Waals surface area contributed by atoms with E-state index in [1.54, 1.807) is 0 Å². The molecule has 1 fully saturated rings. The zero-order chi connectivity index (χ0) is 17.2. The number of hydrogen-bond acceptors (Lipinski definition) is 2. The molecule has 3 aliphatic rings. The van der Waals surface area contributed by atoms with Gasteiger partial charge in [0.1, 0.15) is 0 Å². The Morgan fingerprint density at radius 2 is 1.96 bits per heavy atom. The topological polar surface area (TPSA) is 32.3 Å². The van der Waals surface area contributed by atoms with Gasteiger partial charge in [-0.05, 0) is 49.1 Å². The van der Waals surface area contributed by atoms with Crippen LogP contribution in [0.3, 0.4) is 0 Å². The van der Waals surface area contributed by atoms with Crippen LogP contribution in [-0.2, 0) is 4.79 Å². The molecule has 0 unspecified atom stereocenters. The van der Waals surface area contributed by atoms with Gasteiger partial charge in [0.2, 0.25) is 0 Å². The minimum Gasteiger partial charge on any atom is -0.352 e. The average molecular weight is 338 g/mol. The molecule has 1 heterocycles. The molecule has 1 amide bonds. The third-order valence-corrected chi connectivity index (χ3v) is 4.78. The van der Waals surface area contributed by atoms with Crippen molar-refractivity contribution in [1.82, 2.24) is 10.2 Å². The second-order valence-corrected chi connectivity index (χ2v) is 6.50. The number of likely N-dealkylation sites (tertiary alicyclic amines) is 1. The molecule has 130 valence electrons. The van der Waals surface area contributed by atoms with Crippen LogP contribution in [0.4, 0.5) is 13.2 Å².